The van der Waals surface area contributed by atoms with Crippen LogP contribution in [0, 0.1) is 12.7 Å². The van der Waals surface area contributed by atoms with Crippen LogP contribution in [0.3, 0.4) is 0 Å². The average Bonchev–Trinajstić information content (AvgIpc) is 2.38. The third-order valence-electron chi connectivity index (χ3n) is 2.72. The molecule has 104 valence electrons. The van der Waals surface area contributed by atoms with E-state index < -0.39 is 11.7 Å². The molecule has 2 aromatic carbocycles. The summed E-state index contributed by atoms with van der Waals surface area (Å²) >= 11 is 11.6. The van der Waals surface area contributed by atoms with E-state index in [0.717, 1.165) is 6.07 Å². The number of phenolic OH excluding ortho intramolecular Hbond substituents is 1. The van der Waals surface area contributed by atoms with Crippen molar-refractivity contribution < 1.29 is 14.3 Å². The van der Waals surface area contributed by atoms with Crippen molar-refractivity contribution in [2.24, 2.45) is 0 Å². The quantitative estimate of drug-likeness (QED) is 0.807. The van der Waals surface area contributed by atoms with Crippen LogP contribution in [0.1, 0.15) is 15.9 Å². The zero-order valence-corrected chi connectivity index (χ0v) is 11.9. The van der Waals surface area contributed by atoms with Gasteiger partial charge in [0.1, 0.15) is 5.82 Å². The molecule has 0 fully saturated rings. The summed E-state index contributed by atoms with van der Waals surface area (Å²) in [5.74, 6) is -1.37. The summed E-state index contributed by atoms with van der Waals surface area (Å²) in [4.78, 5) is 12.1. The number of benzene rings is 2. The first-order valence-electron chi connectivity index (χ1n) is 5.64. The smallest absolute Gasteiger partial charge is 0.256 e. The molecule has 1 amide bonds. The Morgan fingerprint density at radius 1 is 1.25 bits per heavy atom. The molecule has 0 aromatic heterocycles. The third kappa shape index (κ3) is 3.03. The number of phenols is 1. The van der Waals surface area contributed by atoms with Gasteiger partial charge in [0.25, 0.3) is 5.91 Å². The molecule has 0 atom stereocenters. The number of hydrogen-bond donors (Lipinski definition) is 2. The van der Waals surface area contributed by atoms with E-state index in [2.05, 4.69) is 5.32 Å². The highest BCUT2D eigenvalue weighted by Crippen LogP contribution is 2.35. The van der Waals surface area contributed by atoms with Crippen molar-refractivity contribution in [2.75, 3.05) is 5.32 Å². The Morgan fingerprint density at radius 3 is 2.65 bits per heavy atom. The summed E-state index contributed by atoms with van der Waals surface area (Å²) in [6, 6.07) is 6.58. The summed E-state index contributed by atoms with van der Waals surface area (Å²) in [6.07, 6.45) is 0. The van der Waals surface area contributed by atoms with Crippen molar-refractivity contribution in [3.63, 3.8) is 0 Å². The fourth-order valence-corrected chi connectivity index (χ4v) is 2.18. The van der Waals surface area contributed by atoms with E-state index in [9.17, 15) is 14.3 Å². The summed E-state index contributed by atoms with van der Waals surface area (Å²) < 4.78 is 13.2. The predicted octanol–water partition coefficient (Wildman–Crippen LogP) is 4.40. The molecule has 0 heterocycles. The van der Waals surface area contributed by atoms with Crippen molar-refractivity contribution in [3.8, 4) is 5.75 Å². The second kappa shape index (κ2) is 5.69. The molecule has 2 aromatic rings. The van der Waals surface area contributed by atoms with E-state index in [0.29, 0.717) is 5.56 Å². The number of aryl methyl sites for hydroxylation is 1. The number of carbonyl (C=O) groups excluding carboxylic acids is 1. The minimum absolute atomic E-state index is 0.0174. The van der Waals surface area contributed by atoms with E-state index >= 15 is 0 Å². The van der Waals surface area contributed by atoms with Crippen LogP contribution in [0.2, 0.25) is 10.0 Å². The van der Waals surface area contributed by atoms with Crippen LogP contribution in [0.5, 0.6) is 5.75 Å². The minimum atomic E-state index is -0.560. The van der Waals surface area contributed by atoms with Crippen molar-refractivity contribution in [3.05, 3.63) is 57.3 Å². The van der Waals surface area contributed by atoms with Gasteiger partial charge in [-0.1, -0.05) is 29.3 Å². The number of rotatable bonds is 2. The Labute approximate surface area is 124 Å². The van der Waals surface area contributed by atoms with E-state index in [1.54, 1.807) is 6.92 Å². The lowest BCUT2D eigenvalue weighted by Crippen LogP contribution is -2.14. The van der Waals surface area contributed by atoms with Gasteiger partial charge in [0.15, 0.2) is 5.75 Å². The molecule has 0 aliphatic heterocycles. The lowest BCUT2D eigenvalue weighted by atomic mass is 10.1. The number of anilines is 1. The van der Waals surface area contributed by atoms with Crippen LogP contribution in [0.4, 0.5) is 10.1 Å². The highest BCUT2D eigenvalue weighted by atomic mass is 35.5. The van der Waals surface area contributed by atoms with Crippen LogP contribution in [-0.4, -0.2) is 11.0 Å². The van der Waals surface area contributed by atoms with Gasteiger partial charge in [-0.25, -0.2) is 4.39 Å². The largest absolute Gasteiger partial charge is 0.504 e. The third-order valence-corrected chi connectivity index (χ3v) is 3.23. The van der Waals surface area contributed by atoms with Gasteiger partial charge in [-0.15, -0.1) is 0 Å². The van der Waals surface area contributed by atoms with E-state index in [-0.39, 0.29) is 27.0 Å². The maximum absolute atomic E-state index is 13.2. The maximum Gasteiger partial charge on any atom is 0.256 e. The summed E-state index contributed by atoms with van der Waals surface area (Å²) in [5, 5.41) is 12.5. The molecule has 0 spiro atoms. The molecule has 3 nitrogen and oxygen atoms in total. The molecule has 0 unspecified atom stereocenters. The first-order valence-corrected chi connectivity index (χ1v) is 6.39. The Hall–Kier alpha value is -1.78. The van der Waals surface area contributed by atoms with Crippen LogP contribution in [0.15, 0.2) is 30.3 Å². The van der Waals surface area contributed by atoms with Gasteiger partial charge in [0, 0.05) is 10.6 Å². The normalized spacial score (nSPS) is 10.4. The number of carbonyl (C=O) groups is 1. The molecule has 0 saturated carbocycles. The molecule has 6 heteroatoms. The van der Waals surface area contributed by atoms with E-state index in [1.165, 1.54) is 24.3 Å². The van der Waals surface area contributed by atoms with Crippen LogP contribution in [0.25, 0.3) is 0 Å². The standard InChI is InChI=1S/C14H10Cl2FNO2/c1-7-2-3-9(17)6-10(7)14(20)18-12-5-8(15)4-11(16)13(12)19/h2-6,19H,1H3,(H,18,20). The molecule has 2 rings (SSSR count). The van der Waals surface area contributed by atoms with Gasteiger partial charge in [-0.3, -0.25) is 4.79 Å². The second-order valence-corrected chi connectivity index (χ2v) is 5.04. The lowest BCUT2D eigenvalue weighted by molar-refractivity contribution is 0.102. The average molecular weight is 314 g/mol. The van der Waals surface area contributed by atoms with Crippen LogP contribution in [-0.2, 0) is 0 Å². The van der Waals surface area contributed by atoms with Crippen LogP contribution >= 0.6 is 23.2 Å². The number of hydrogen-bond acceptors (Lipinski definition) is 2. The summed E-state index contributed by atoms with van der Waals surface area (Å²) in [5.41, 5.74) is 0.841. The Kier molecular flexibility index (Phi) is 4.16. The predicted molar refractivity (Wildman–Crippen MR) is 77.2 cm³/mol. The van der Waals surface area contributed by atoms with Gasteiger partial charge in [-0.2, -0.15) is 0 Å². The number of halogens is 3. The van der Waals surface area contributed by atoms with Crippen molar-refractivity contribution in [1.82, 2.24) is 0 Å². The highest BCUT2D eigenvalue weighted by Gasteiger charge is 2.14. The SMILES string of the molecule is Cc1ccc(F)cc1C(=O)Nc1cc(Cl)cc(Cl)c1O. The van der Waals surface area contributed by atoms with E-state index in [1.807, 2.05) is 0 Å². The Balaban J connectivity index is 2.35. The fraction of sp³-hybridized carbons (Fsp3) is 0.0714. The monoisotopic (exact) mass is 313 g/mol. The van der Waals surface area contributed by atoms with Crippen molar-refractivity contribution >= 4 is 34.8 Å². The van der Waals surface area contributed by atoms with Gasteiger partial charge < -0.3 is 10.4 Å². The topological polar surface area (TPSA) is 49.3 Å². The molecule has 0 radical (unpaired) electrons. The zero-order valence-electron chi connectivity index (χ0n) is 10.4. The second-order valence-electron chi connectivity index (χ2n) is 4.20. The number of nitrogens with one attached hydrogen (secondary N) is 1. The van der Waals surface area contributed by atoms with Crippen LogP contribution < -0.4 is 5.32 Å². The van der Waals surface area contributed by atoms with Gasteiger partial charge >= 0.3 is 0 Å². The van der Waals surface area contributed by atoms with Gasteiger partial charge in [0.2, 0.25) is 0 Å². The molecule has 0 bridgehead atoms. The fourth-order valence-electron chi connectivity index (χ4n) is 1.69. The number of aromatic hydroxyl groups is 1. The summed E-state index contributed by atoms with van der Waals surface area (Å²) in [6.45, 7) is 1.68. The molecule has 0 aliphatic carbocycles. The van der Waals surface area contributed by atoms with Gasteiger partial charge in [-0.05, 0) is 36.8 Å². The molecule has 0 saturated heterocycles. The Morgan fingerprint density at radius 2 is 1.95 bits per heavy atom. The number of amides is 1. The molecule has 20 heavy (non-hydrogen) atoms. The highest BCUT2D eigenvalue weighted by molar-refractivity contribution is 6.36. The molecular weight excluding hydrogens is 304 g/mol. The van der Waals surface area contributed by atoms with E-state index in [4.69, 9.17) is 23.2 Å². The zero-order chi connectivity index (χ0) is 14.9. The minimum Gasteiger partial charge on any atom is -0.504 e. The summed E-state index contributed by atoms with van der Waals surface area (Å²) in [7, 11) is 0. The van der Waals surface area contributed by atoms with Gasteiger partial charge in [0.05, 0.1) is 10.7 Å². The first kappa shape index (κ1) is 14.6. The van der Waals surface area contributed by atoms with Crippen molar-refractivity contribution in [1.29, 1.82) is 0 Å². The lowest BCUT2D eigenvalue weighted by Gasteiger charge is -2.10. The first-order chi connectivity index (χ1) is 9.38. The van der Waals surface area contributed by atoms with Crippen molar-refractivity contribution in [2.45, 2.75) is 6.92 Å². The molecular formula is C14H10Cl2FNO2. The maximum atomic E-state index is 13.2. The Bertz CT molecular complexity index is 689. The molecule has 0 aliphatic rings. The molecule has 2 N–H and O–H groups in total.